The largest absolute Gasteiger partial charge is 0.360 e. The van der Waals surface area contributed by atoms with Crippen LogP contribution in [0.25, 0.3) is 0 Å². The average Bonchev–Trinajstić information content (AvgIpc) is 3.21. The fraction of sp³-hybridized carbons (Fsp3) is 0.786. The summed E-state index contributed by atoms with van der Waals surface area (Å²) in [6.45, 7) is -2.02. The molecule has 1 aromatic heterocycles. The molecule has 2 fully saturated rings. The van der Waals surface area contributed by atoms with Gasteiger partial charge in [-0.1, -0.05) is 5.16 Å². The standard InChI is InChI=1S/C14H19BrF2N2O2/c15-13-11(12(21-19-13)8-4-5-8)7-18-9-2-1-3-10(6-9)20-14(16)17/h8-10,14,18H,1-7H2. The molecule has 0 aliphatic heterocycles. The van der Waals surface area contributed by atoms with Crippen LogP contribution in [0.5, 0.6) is 0 Å². The van der Waals surface area contributed by atoms with E-state index in [9.17, 15) is 8.78 Å². The van der Waals surface area contributed by atoms with Gasteiger partial charge in [0.2, 0.25) is 0 Å². The Balaban J connectivity index is 1.54. The van der Waals surface area contributed by atoms with Crippen LogP contribution in [-0.4, -0.2) is 23.9 Å². The first kappa shape index (κ1) is 15.4. The summed E-state index contributed by atoms with van der Waals surface area (Å²) in [5, 5.41) is 7.41. The molecular formula is C14H19BrF2N2O2. The maximum atomic E-state index is 12.3. The molecule has 2 saturated carbocycles. The average molecular weight is 365 g/mol. The minimum atomic E-state index is -2.68. The Bertz CT molecular complexity index is 480. The number of alkyl halides is 2. The van der Waals surface area contributed by atoms with Gasteiger partial charge in [-0.15, -0.1) is 0 Å². The minimum Gasteiger partial charge on any atom is -0.360 e. The Labute approximate surface area is 130 Å². The molecule has 7 heteroatoms. The normalized spacial score (nSPS) is 26.5. The third kappa shape index (κ3) is 4.02. The van der Waals surface area contributed by atoms with E-state index in [2.05, 4.69) is 31.1 Å². The van der Waals surface area contributed by atoms with Crippen LogP contribution in [0, 0.1) is 0 Å². The molecule has 2 aliphatic carbocycles. The fourth-order valence-corrected chi connectivity index (χ4v) is 3.38. The van der Waals surface area contributed by atoms with Crippen LogP contribution >= 0.6 is 15.9 Å². The maximum Gasteiger partial charge on any atom is 0.345 e. The van der Waals surface area contributed by atoms with E-state index < -0.39 is 6.61 Å². The van der Waals surface area contributed by atoms with Gasteiger partial charge in [0.1, 0.15) is 5.76 Å². The van der Waals surface area contributed by atoms with Crippen molar-refractivity contribution in [3.8, 4) is 0 Å². The van der Waals surface area contributed by atoms with Gasteiger partial charge in [0.05, 0.1) is 6.10 Å². The summed E-state index contributed by atoms with van der Waals surface area (Å²) in [5.74, 6) is 1.47. The SMILES string of the molecule is FC(F)OC1CCCC(NCc2c(Br)noc2C2CC2)C1. The van der Waals surface area contributed by atoms with Gasteiger partial charge >= 0.3 is 6.61 Å². The molecule has 0 spiro atoms. The molecule has 2 unspecified atom stereocenters. The van der Waals surface area contributed by atoms with Crippen molar-refractivity contribution in [1.29, 1.82) is 0 Å². The van der Waals surface area contributed by atoms with Gasteiger partial charge in [0.15, 0.2) is 4.60 Å². The highest BCUT2D eigenvalue weighted by atomic mass is 79.9. The number of hydrogen-bond acceptors (Lipinski definition) is 4. The zero-order valence-electron chi connectivity index (χ0n) is 11.7. The summed E-state index contributed by atoms with van der Waals surface area (Å²) in [6.07, 6.45) is 5.22. The van der Waals surface area contributed by atoms with Crippen LogP contribution < -0.4 is 5.32 Å². The molecule has 1 N–H and O–H groups in total. The van der Waals surface area contributed by atoms with Crippen molar-refractivity contribution in [3.05, 3.63) is 15.9 Å². The van der Waals surface area contributed by atoms with Crippen molar-refractivity contribution in [1.82, 2.24) is 10.5 Å². The molecule has 0 saturated heterocycles. The number of nitrogens with one attached hydrogen (secondary N) is 1. The van der Waals surface area contributed by atoms with Gasteiger partial charge in [-0.2, -0.15) is 8.78 Å². The predicted molar refractivity (Wildman–Crippen MR) is 76.2 cm³/mol. The monoisotopic (exact) mass is 364 g/mol. The molecule has 0 amide bonds. The third-order valence-electron chi connectivity index (χ3n) is 4.21. The quantitative estimate of drug-likeness (QED) is 0.829. The Morgan fingerprint density at radius 3 is 2.86 bits per heavy atom. The van der Waals surface area contributed by atoms with E-state index in [-0.39, 0.29) is 12.1 Å². The molecule has 2 atom stereocenters. The molecule has 0 radical (unpaired) electrons. The number of rotatable bonds is 6. The zero-order valence-corrected chi connectivity index (χ0v) is 13.2. The summed E-state index contributed by atoms with van der Waals surface area (Å²) in [7, 11) is 0. The Morgan fingerprint density at radius 1 is 1.33 bits per heavy atom. The first-order chi connectivity index (χ1) is 10.1. The van der Waals surface area contributed by atoms with Gasteiger partial charge in [-0.05, 0) is 54.5 Å². The van der Waals surface area contributed by atoms with Crippen molar-refractivity contribution < 1.29 is 18.0 Å². The second-order valence-electron chi connectivity index (χ2n) is 5.85. The highest BCUT2D eigenvalue weighted by Crippen LogP contribution is 2.43. The lowest BCUT2D eigenvalue weighted by Gasteiger charge is -2.29. The molecule has 118 valence electrons. The van der Waals surface area contributed by atoms with Gasteiger partial charge in [-0.3, -0.25) is 0 Å². The van der Waals surface area contributed by atoms with E-state index >= 15 is 0 Å². The van der Waals surface area contributed by atoms with Crippen LogP contribution in [0.1, 0.15) is 55.8 Å². The lowest BCUT2D eigenvalue weighted by atomic mass is 9.92. The number of hydrogen-bond donors (Lipinski definition) is 1. The molecule has 4 nitrogen and oxygen atoms in total. The minimum absolute atomic E-state index is 0.205. The second-order valence-corrected chi connectivity index (χ2v) is 6.60. The summed E-state index contributed by atoms with van der Waals surface area (Å²) in [4.78, 5) is 0. The van der Waals surface area contributed by atoms with Crippen LogP contribution in [0.15, 0.2) is 9.13 Å². The summed E-state index contributed by atoms with van der Waals surface area (Å²) in [5.41, 5.74) is 1.06. The van der Waals surface area contributed by atoms with Crippen molar-refractivity contribution in [2.45, 2.75) is 69.7 Å². The molecular weight excluding hydrogens is 346 g/mol. The van der Waals surface area contributed by atoms with E-state index in [1.807, 2.05) is 0 Å². The number of ether oxygens (including phenoxy) is 1. The topological polar surface area (TPSA) is 47.3 Å². The third-order valence-corrected chi connectivity index (χ3v) is 4.83. The maximum absolute atomic E-state index is 12.3. The van der Waals surface area contributed by atoms with Crippen molar-refractivity contribution in [3.63, 3.8) is 0 Å². The molecule has 2 aliphatic rings. The Morgan fingerprint density at radius 2 is 2.14 bits per heavy atom. The van der Waals surface area contributed by atoms with Crippen LogP contribution in [-0.2, 0) is 11.3 Å². The van der Waals surface area contributed by atoms with E-state index in [0.717, 1.165) is 41.6 Å². The van der Waals surface area contributed by atoms with Gasteiger partial charge in [0, 0.05) is 24.1 Å². The number of nitrogens with zero attached hydrogens (tertiary/aromatic N) is 1. The molecule has 3 rings (SSSR count). The van der Waals surface area contributed by atoms with E-state index in [1.54, 1.807) is 0 Å². The lowest BCUT2D eigenvalue weighted by Crippen LogP contribution is -2.37. The van der Waals surface area contributed by atoms with Gasteiger partial charge < -0.3 is 14.6 Å². The molecule has 0 aromatic carbocycles. The zero-order chi connectivity index (χ0) is 14.8. The van der Waals surface area contributed by atoms with Gasteiger partial charge in [0.25, 0.3) is 0 Å². The lowest BCUT2D eigenvalue weighted by molar-refractivity contribution is -0.171. The van der Waals surface area contributed by atoms with Crippen molar-refractivity contribution in [2.75, 3.05) is 0 Å². The van der Waals surface area contributed by atoms with Crippen LogP contribution in [0.2, 0.25) is 0 Å². The van der Waals surface area contributed by atoms with Gasteiger partial charge in [-0.25, -0.2) is 0 Å². The number of halogens is 3. The highest BCUT2D eigenvalue weighted by Gasteiger charge is 2.32. The predicted octanol–water partition coefficient (Wildman–Crippen LogP) is 3.95. The van der Waals surface area contributed by atoms with Crippen molar-refractivity contribution in [2.24, 2.45) is 0 Å². The van der Waals surface area contributed by atoms with Crippen molar-refractivity contribution >= 4 is 15.9 Å². The first-order valence-corrected chi connectivity index (χ1v) is 8.23. The Kier molecular flexibility index (Phi) is 4.91. The molecule has 1 heterocycles. The summed E-state index contributed by atoms with van der Waals surface area (Å²) >= 11 is 3.41. The smallest absolute Gasteiger partial charge is 0.345 e. The van der Waals surface area contributed by atoms with E-state index in [4.69, 9.17) is 4.52 Å². The first-order valence-electron chi connectivity index (χ1n) is 7.44. The fourth-order valence-electron chi connectivity index (χ4n) is 2.97. The second kappa shape index (κ2) is 6.71. The van der Waals surface area contributed by atoms with Crippen LogP contribution in [0.4, 0.5) is 8.78 Å². The molecule has 0 bridgehead atoms. The molecule has 1 aromatic rings. The van der Waals surface area contributed by atoms with E-state index in [1.165, 1.54) is 0 Å². The summed E-state index contributed by atoms with van der Waals surface area (Å²) < 4.78 is 35.3. The molecule has 21 heavy (non-hydrogen) atoms. The summed E-state index contributed by atoms with van der Waals surface area (Å²) in [6, 6.07) is 0.205. The van der Waals surface area contributed by atoms with E-state index in [0.29, 0.717) is 25.3 Å². The Hall–Kier alpha value is -0.530. The highest BCUT2D eigenvalue weighted by molar-refractivity contribution is 9.10. The van der Waals surface area contributed by atoms with Crippen LogP contribution in [0.3, 0.4) is 0 Å². The number of aromatic nitrogens is 1.